The van der Waals surface area contributed by atoms with Gasteiger partial charge in [0, 0.05) is 0 Å². The van der Waals surface area contributed by atoms with Gasteiger partial charge in [-0.1, -0.05) is 75.4 Å². The van der Waals surface area contributed by atoms with Crippen molar-refractivity contribution in [2.24, 2.45) is 0 Å². The molecule has 0 N–H and O–H groups in total. The van der Waals surface area contributed by atoms with E-state index >= 15 is 0 Å². The Morgan fingerprint density at radius 1 is 0.714 bits per heavy atom. The standard InChI is InChI=1S/C25H34O8S2/c1-2-3-4-5-6-13-20-31-25(26)24(33-35(29,30)23-17-11-8-12-18-23)19-14-21-32-34(27,28)22-15-9-7-10-16-22/h7-12,15-18,24H,2-6,13-14,19-21H2,1H3. The lowest BCUT2D eigenvalue weighted by Gasteiger charge is -2.17. The van der Waals surface area contributed by atoms with Crippen LogP contribution in [0.3, 0.4) is 0 Å². The van der Waals surface area contributed by atoms with Crippen molar-refractivity contribution < 1.29 is 34.7 Å². The SMILES string of the molecule is CCCCCCCCOC(=O)C(CCCOS(=O)(=O)c1ccccc1)OS(=O)(=O)c1ccccc1. The summed E-state index contributed by atoms with van der Waals surface area (Å²) < 4.78 is 65.3. The van der Waals surface area contributed by atoms with E-state index in [1.165, 1.54) is 24.3 Å². The predicted molar refractivity (Wildman–Crippen MR) is 132 cm³/mol. The van der Waals surface area contributed by atoms with Gasteiger partial charge in [0.25, 0.3) is 20.2 Å². The number of esters is 1. The van der Waals surface area contributed by atoms with Gasteiger partial charge in [0.2, 0.25) is 0 Å². The minimum atomic E-state index is -4.22. The summed E-state index contributed by atoms with van der Waals surface area (Å²) in [5.74, 6) is -0.802. The molecule has 2 rings (SSSR count). The fourth-order valence-electron chi connectivity index (χ4n) is 3.24. The Bertz CT molecular complexity index is 1080. The Hall–Kier alpha value is -2.27. The second-order valence-electron chi connectivity index (χ2n) is 8.02. The van der Waals surface area contributed by atoms with Gasteiger partial charge < -0.3 is 4.74 Å². The molecule has 0 aliphatic heterocycles. The highest BCUT2D eigenvalue weighted by Gasteiger charge is 2.29. The summed E-state index contributed by atoms with van der Waals surface area (Å²) in [6.45, 7) is 2.05. The van der Waals surface area contributed by atoms with Crippen molar-refractivity contribution >= 4 is 26.2 Å². The highest BCUT2D eigenvalue weighted by atomic mass is 32.2. The summed E-state index contributed by atoms with van der Waals surface area (Å²) in [7, 11) is -8.18. The zero-order valence-corrected chi connectivity index (χ0v) is 21.6. The third-order valence-electron chi connectivity index (χ3n) is 5.16. The molecule has 0 heterocycles. The van der Waals surface area contributed by atoms with Crippen LogP contribution in [0.2, 0.25) is 0 Å². The van der Waals surface area contributed by atoms with Crippen LogP contribution >= 0.6 is 0 Å². The minimum Gasteiger partial charge on any atom is -0.464 e. The highest BCUT2D eigenvalue weighted by molar-refractivity contribution is 7.87. The first-order valence-electron chi connectivity index (χ1n) is 11.9. The normalized spacial score (nSPS) is 12.8. The van der Waals surface area contributed by atoms with Crippen LogP contribution in [0.15, 0.2) is 70.5 Å². The fourth-order valence-corrected chi connectivity index (χ4v) is 5.29. The van der Waals surface area contributed by atoms with Crippen molar-refractivity contribution in [1.29, 1.82) is 0 Å². The summed E-state index contributed by atoms with van der Waals surface area (Å²) in [5, 5.41) is 0. The van der Waals surface area contributed by atoms with Crippen LogP contribution in [0.25, 0.3) is 0 Å². The van der Waals surface area contributed by atoms with Gasteiger partial charge in [-0.05, 0) is 43.5 Å². The average Bonchev–Trinajstić information content (AvgIpc) is 2.86. The average molecular weight is 527 g/mol. The Kier molecular flexibility index (Phi) is 12.4. The van der Waals surface area contributed by atoms with E-state index in [0.717, 1.165) is 32.1 Å². The zero-order chi connectivity index (χ0) is 25.6. The second-order valence-corrected chi connectivity index (χ2v) is 11.2. The first-order chi connectivity index (χ1) is 16.8. The van der Waals surface area contributed by atoms with Crippen LogP contribution in [0.1, 0.15) is 58.3 Å². The van der Waals surface area contributed by atoms with E-state index in [-0.39, 0.29) is 35.8 Å². The van der Waals surface area contributed by atoms with Crippen LogP contribution in [0.4, 0.5) is 0 Å². The number of rotatable bonds is 17. The minimum absolute atomic E-state index is 0.0119. The fraction of sp³-hybridized carbons (Fsp3) is 0.480. The maximum Gasteiger partial charge on any atom is 0.336 e. The van der Waals surface area contributed by atoms with E-state index < -0.39 is 32.3 Å². The second kappa shape index (κ2) is 15.0. The molecule has 194 valence electrons. The molecule has 0 aromatic heterocycles. The smallest absolute Gasteiger partial charge is 0.336 e. The third-order valence-corrected chi connectivity index (χ3v) is 7.82. The zero-order valence-electron chi connectivity index (χ0n) is 20.0. The van der Waals surface area contributed by atoms with Crippen LogP contribution in [-0.4, -0.2) is 42.1 Å². The van der Waals surface area contributed by atoms with Crippen molar-refractivity contribution in [2.45, 2.75) is 74.2 Å². The van der Waals surface area contributed by atoms with Gasteiger partial charge in [-0.3, -0.25) is 8.37 Å². The molecule has 10 heteroatoms. The van der Waals surface area contributed by atoms with Crippen molar-refractivity contribution in [3.63, 3.8) is 0 Å². The summed E-state index contributed by atoms with van der Waals surface area (Å²) in [5.41, 5.74) is 0. The van der Waals surface area contributed by atoms with Crippen molar-refractivity contribution in [2.75, 3.05) is 13.2 Å². The predicted octanol–water partition coefficient (Wildman–Crippen LogP) is 4.85. The molecule has 0 aliphatic carbocycles. The quantitative estimate of drug-likeness (QED) is 0.163. The molecule has 35 heavy (non-hydrogen) atoms. The largest absolute Gasteiger partial charge is 0.464 e. The maximum absolute atomic E-state index is 12.6. The van der Waals surface area contributed by atoms with Crippen LogP contribution in [-0.2, 0) is 38.1 Å². The molecule has 2 aromatic carbocycles. The highest BCUT2D eigenvalue weighted by Crippen LogP contribution is 2.18. The van der Waals surface area contributed by atoms with Gasteiger partial charge in [-0.15, -0.1) is 0 Å². The monoisotopic (exact) mass is 526 g/mol. The Morgan fingerprint density at radius 3 is 1.86 bits per heavy atom. The van der Waals surface area contributed by atoms with Crippen LogP contribution < -0.4 is 0 Å². The van der Waals surface area contributed by atoms with E-state index in [4.69, 9.17) is 13.1 Å². The number of carbonyl (C=O) groups is 1. The van der Waals surface area contributed by atoms with Crippen molar-refractivity contribution in [3.05, 3.63) is 60.7 Å². The molecule has 0 fully saturated rings. The summed E-state index contributed by atoms with van der Waals surface area (Å²) in [6, 6.07) is 15.1. The molecular weight excluding hydrogens is 492 g/mol. The summed E-state index contributed by atoms with van der Waals surface area (Å²) >= 11 is 0. The lowest BCUT2D eigenvalue weighted by atomic mass is 10.1. The molecule has 2 aromatic rings. The first-order valence-corrected chi connectivity index (χ1v) is 14.7. The Morgan fingerprint density at radius 2 is 1.26 bits per heavy atom. The number of hydrogen-bond acceptors (Lipinski definition) is 8. The van der Waals surface area contributed by atoms with E-state index in [1.807, 2.05) is 0 Å². The van der Waals surface area contributed by atoms with E-state index in [0.29, 0.717) is 6.42 Å². The molecule has 0 saturated heterocycles. The van der Waals surface area contributed by atoms with Gasteiger partial charge in [0.15, 0.2) is 6.10 Å². The van der Waals surface area contributed by atoms with E-state index in [9.17, 15) is 21.6 Å². The molecule has 0 radical (unpaired) electrons. The number of carbonyl (C=O) groups excluding carboxylic acids is 1. The Labute approximate surface area is 208 Å². The number of ether oxygens (including phenoxy) is 1. The summed E-state index contributed by atoms with van der Waals surface area (Å²) in [4.78, 5) is 12.6. The topological polar surface area (TPSA) is 113 Å². The van der Waals surface area contributed by atoms with Gasteiger partial charge in [0.05, 0.1) is 23.0 Å². The Balaban J connectivity index is 1.94. The first kappa shape index (κ1) is 29.0. The van der Waals surface area contributed by atoms with Gasteiger partial charge >= 0.3 is 5.97 Å². The van der Waals surface area contributed by atoms with Crippen molar-refractivity contribution in [1.82, 2.24) is 0 Å². The molecule has 0 bridgehead atoms. The molecule has 0 spiro atoms. The molecule has 0 aliphatic rings. The van der Waals surface area contributed by atoms with E-state index in [2.05, 4.69) is 6.92 Å². The van der Waals surface area contributed by atoms with Gasteiger partial charge in [0.1, 0.15) is 0 Å². The molecule has 1 unspecified atom stereocenters. The van der Waals surface area contributed by atoms with Gasteiger partial charge in [-0.25, -0.2) is 4.79 Å². The molecular formula is C25H34O8S2. The maximum atomic E-state index is 12.6. The van der Waals surface area contributed by atoms with Gasteiger partial charge in [-0.2, -0.15) is 16.8 Å². The van der Waals surface area contributed by atoms with E-state index in [1.54, 1.807) is 36.4 Å². The third kappa shape index (κ3) is 10.5. The lowest BCUT2D eigenvalue weighted by Crippen LogP contribution is -2.30. The number of unbranched alkanes of at least 4 members (excludes halogenated alkanes) is 5. The molecule has 8 nitrogen and oxygen atoms in total. The molecule has 0 saturated carbocycles. The number of benzene rings is 2. The molecule has 0 amide bonds. The van der Waals surface area contributed by atoms with Crippen LogP contribution in [0, 0.1) is 0 Å². The van der Waals surface area contributed by atoms with Crippen molar-refractivity contribution in [3.8, 4) is 0 Å². The molecule has 1 atom stereocenters. The number of hydrogen-bond donors (Lipinski definition) is 0. The summed E-state index contributed by atoms with van der Waals surface area (Å²) in [6.07, 6.45) is 4.61. The lowest BCUT2D eigenvalue weighted by molar-refractivity contribution is -0.152. The van der Waals surface area contributed by atoms with Crippen LogP contribution in [0.5, 0.6) is 0 Å².